The van der Waals surface area contributed by atoms with Crippen molar-refractivity contribution in [3.63, 3.8) is 0 Å². The molecule has 0 saturated carbocycles. The molecule has 1 rings (SSSR count). The van der Waals surface area contributed by atoms with Gasteiger partial charge in [0, 0.05) is 12.3 Å². The highest BCUT2D eigenvalue weighted by atomic mass is 32.2. The number of hydrogen-bond acceptors (Lipinski definition) is 3. The molecule has 6 heteroatoms. The van der Waals surface area contributed by atoms with Gasteiger partial charge >= 0.3 is 12.0 Å². The zero-order valence-corrected chi connectivity index (χ0v) is 12.5. The monoisotopic (exact) mass is 288 g/mol. The van der Waals surface area contributed by atoms with Crippen molar-refractivity contribution < 1.29 is 14.7 Å². The zero-order chi connectivity index (χ0) is 14.3. The van der Waals surface area contributed by atoms with E-state index in [1.807, 2.05) is 0 Å². The number of carboxylic acids is 1. The van der Waals surface area contributed by atoms with E-state index in [1.165, 1.54) is 23.1 Å². The predicted molar refractivity (Wildman–Crippen MR) is 77.3 cm³/mol. The largest absolute Gasteiger partial charge is 0.480 e. The molecule has 0 radical (unpaired) electrons. The average molecular weight is 288 g/mol. The van der Waals surface area contributed by atoms with E-state index in [1.54, 1.807) is 0 Å². The van der Waals surface area contributed by atoms with Crippen molar-refractivity contribution in [1.82, 2.24) is 10.2 Å². The molecule has 0 bridgehead atoms. The summed E-state index contributed by atoms with van der Waals surface area (Å²) >= 11 is 1.49. The fraction of sp³-hybridized carbons (Fsp3) is 0.846. The minimum atomic E-state index is -0.918. The second kappa shape index (κ2) is 8.30. The van der Waals surface area contributed by atoms with E-state index in [0.29, 0.717) is 24.1 Å². The van der Waals surface area contributed by atoms with Crippen molar-refractivity contribution in [3.8, 4) is 0 Å². The summed E-state index contributed by atoms with van der Waals surface area (Å²) in [6, 6.07) is -0.923. The van der Waals surface area contributed by atoms with Gasteiger partial charge in [-0.15, -0.1) is 11.8 Å². The van der Waals surface area contributed by atoms with E-state index in [0.717, 1.165) is 19.3 Å². The van der Waals surface area contributed by atoms with Crippen LogP contribution in [0.3, 0.4) is 0 Å². The molecule has 0 aromatic heterocycles. The van der Waals surface area contributed by atoms with Gasteiger partial charge in [0.1, 0.15) is 6.04 Å². The Morgan fingerprint density at radius 1 is 1.47 bits per heavy atom. The van der Waals surface area contributed by atoms with Gasteiger partial charge in [-0.2, -0.15) is 0 Å². The number of rotatable bonds is 7. The number of carboxylic acid groups (broad SMARTS) is 1. The highest BCUT2D eigenvalue weighted by Gasteiger charge is 2.34. The Hall–Kier alpha value is -0.910. The normalized spacial score (nSPS) is 20.3. The third kappa shape index (κ3) is 4.93. The van der Waals surface area contributed by atoms with Crippen molar-refractivity contribution in [2.45, 2.75) is 45.6 Å². The van der Waals surface area contributed by atoms with Gasteiger partial charge in [-0.1, -0.05) is 33.1 Å². The summed E-state index contributed by atoms with van der Waals surface area (Å²) in [5.74, 6) is 0.519. The fourth-order valence-corrected chi connectivity index (χ4v) is 3.27. The number of nitrogens with one attached hydrogen (secondary N) is 1. The molecule has 1 aliphatic heterocycles. The summed E-state index contributed by atoms with van der Waals surface area (Å²) in [5.41, 5.74) is 0. The lowest BCUT2D eigenvalue weighted by Crippen LogP contribution is -2.47. The Labute approximate surface area is 119 Å². The Morgan fingerprint density at radius 2 is 2.21 bits per heavy atom. The minimum Gasteiger partial charge on any atom is -0.480 e. The number of unbranched alkanes of at least 4 members (excludes halogenated alkanes) is 1. The third-order valence-electron chi connectivity index (χ3n) is 3.51. The predicted octanol–water partition coefficient (Wildman–Crippen LogP) is 2.37. The van der Waals surface area contributed by atoms with Crippen LogP contribution in [0.25, 0.3) is 0 Å². The van der Waals surface area contributed by atoms with E-state index in [2.05, 4.69) is 19.2 Å². The Balaban J connectivity index is 2.39. The summed E-state index contributed by atoms with van der Waals surface area (Å²) < 4.78 is 0. The Morgan fingerprint density at radius 3 is 2.79 bits per heavy atom. The number of hydrogen-bond donors (Lipinski definition) is 2. The molecule has 0 aromatic carbocycles. The van der Waals surface area contributed by atoms with Gasteiger partial charge < -0.3 is 15.3 Å². The number of urea groups is 1. The summed E-state index contributed by atoms with van der Waals surface area (Å²) in [6.45, 7) is 4.92. The molecular weight excluding hydrogens is 264 g/mol. The van der Waals surface area contributed by atoms with Crippen molar-refractivity contribution in [3.05, 3.63) is 0 Å². The lowest BCUT2D eigenvalue weighted by Gasteiger charge is -2.23. The maximum Gasteiger partial charge on any atom is 0.327 e. The van der Waals surface area contributed by atoms with Crippen LogP contribution in [0.2, 0.25) is 0 Å². The van der Waals surface area contributed by atoms with Crippen LogP contribution in [-0.4, -0.2) is 46.2 Å². The lowest BCUT2D eigenvalue weighted by molar-refractivity contribution is -0.140. The molecule has 1 saturated heterocycles. The number of aliphatic carboxylic acids is 1. The Kier molecular flexibility index (Phi) is 7.05. The second-order valence-corrected chi connectivity index (χ2v) is 5.93. The standard InChI is InChI=1S/C13H24N2O3S/c1-3-5-6-10(4-2)7-14-13(18)15-9-19-8-11(15)12(16)17/h10-11H,3-9H2,1-2H3,(H,14,18)(H,16,17). The van der Waals surface area contributed by atoms with Crippen LogP contribution >= 0.6 is 11.8 Å². The third-order valence-corrected chi connectivity index (χ3v) is 4.53. The van der Waals surface area contributed by atoms with Crippen LogP contribution in [-0.2, 0) is 4.79 Å². The molecular formula is C13H24N2O3S. The first-order chi connectivity index (χ1) is 9.10. The van der Waals surface area contributed by atoms with Gasteiger partial charge in [0.05, 0.1) is 5.88 Å². The summed E-state index contributed by atoms with van der Waals surface area (Å²) in [5, 5.41) is 11.9. The van der Waals surface area contributed by atoms with Gasteiger partial charge in [-0.3, -0.25) is 0 Å². The van der Waals surface area contributed by atoms with E-state index in [4.69, 9.17) is 5.11 Å². The van der Waals surface area contributed by atoms with E-state index < -0.39 is 12.0 Å². The molecule has 19 heavy (non-hydrogen) atoms. The molecule has 0 aliphatic carbocycles. The molecule has 110 valence electrons. The number of amides is 2. The van der Waals surface area contributed by atoms with Crippen molar-refractivity contribution in [2.75, 3.05) is 18.2 Å². The molecule has 5 nitrogen and oxygen atoms in total. The minimum absolute atomic E-state index is 0.243. The van der Waals surface area contributed by atoms with Gasteiger partial charge in [-0.25, -0.2) is 9.59 Å². The fourth-order valence-electron chi connectivity index (χ4n) is 2.12. The number of carbonyl (C=O) groups is 2. The SMILES string of the molecule is CCCCC(CC)CNC(=O)N1CSCC1C(=O)O. The van der Waals surface area contributed by atoms with Gasteiger partial charge in [0.2, 0.25) is 0 Å². The van der Waals surface area contributed by atoms with Crippen LogP contribution in [0.15, 0.2) is 0 Å². The van der Waals surface area contributed by atoms with Gasteiger partial charge in [-0.05, 0) is 12.3 Å². The van der Waals surface area contributed by atoms with Crippen LogP contribution in [0.4, 0.5) is 4.79 Å². The van der Waals surface area contributed by atoms with Crippen molar-refractivity contribution in [2.24, 2.45) is 5.92 Å². The first-order valence-electron chi connectivity index (χ1n) is 6.95. The van der Waals surface area contributed by atoms with E-state index in [-0.39, 0.29) is 6.03 Å². The Bertz CT molecular complexity index is 312. The van der Waals surface area contributed by atoms with Crippen LogP contribution < -0.4 is 5.32 Å². The number of carbonyl (C=O) groups excluding carboxylic acids is 1. The first-order valence-corrected chi connectivity index (χ1v) is 8.10. The lowest BCUT2D eigenvalue weighted by atomic mass is 9.99. The molecule has 2 unspecified atom stereocenters. The van der Waals surface area contributed by atoms with Gasteiger partial charge in [0.25, 0.3) is 0 Å². The molecule has 1 fully saturated rings. The quantitative estimate of drug-likeness (QED) is 0.754. The average Bonchev–Trinajstić information content (AvgIpc) is 2.88. The molecule has 0 spiro atoms. The second-order valence-electron chi connectivity index (χ2n) is 4.93. The molecule has 1 heterocycles. The maximum atomic E-state index is 12.0. The summed E-state index contributed by atoms with van der Waals surface area (Å²) in [6.07, 6.45) is 4.49. The van der Waals surface area contributed by atoms with Crippen molar-refractivity contribution >= 4 is 23.8 Å². The highest BCUT2D eigenvalue weighted by Crippen LogP contribution is 2.21. The first kappa shape index (κ1) is 16.1. The highest BCUT2D eigenvalue weighted by molar-refractivity contribution is 7.99. The molecule has 2 atom stereocenters. The van der Waals surface area contributed by atoms with Crippen molar-refractivity contribution in [1.29, 1.82) is 0 Å². The maximum absolute atomic E-state index is 12.0. The number of nitrogens with zero attached hydrogens (tertiary/aromatic N) is 1. The summed E-state index contributed by atoms with van der Waals surface area (Å²) in [4.78, 5) is 24.4. The topological polar surface area (TPSA) is 69.6 Å². The van der Waals surface area contributed by atoms with E-state index >= 15 is 0 Å². The molecule has 0 aromatic rings. The van der Waals surface area contributed by atoms with Crippen LogP contribution in [0.1, 0.15) is 39.5 Å². The molecule has 1 aliphatic rings. The van der Waals surface area contributed by atoms with E-state index in [9.17, 15) is 9.59 Å². The van der Waals surface area contributed by atoms with Gasteiger partial charge in [0.15, 0.2) is 0 Å². The zero-order valence-electron chi connectivity index (χ0n) is 11.7. The smallest absolute Gasteiger partial charge is 0.327 e. The van der Waals surface area contributed by atoms with Crippen LogP contribution in [0.5, 0.6) is 0 Å². The van der Waals surface area contributed by atoms with Crippen LogP contribution in [0, 0.1) is 5.92 Å². The molecule has 2 amide bonds. The number of thioether (sulfide) groups is 1. The molecule has 2 N–H and O–H groups in total. The summed E-state index contributed by atoms with van der Waals surface area (Å²) in [7, 11) is 0.